The van der Waals surface area contributed by atoms with Crippen molar-refractivity contribution in [2.45, 2.75) is 39.2 Å². The summed E-state index contributed by atoms with van der Waals surface area (Å²) >= 11 is 12.1. The van der Waals surface area contributed by atoms with Crippen LogP contribution < -0.4 is 10.6 Å². The number of halogens is 2. The highest BCUT2D eigenvalue weighted by atomic mass is 35.5. The first-order valence-corrected chi connectivity index (χ1v) is 12.1. The molecule has 33 heavy (non-hydrogen) atoms. The number of piperidine rings is 1. The standard InChI is InChI=1S/C25H31Cl2N3O3/c1-16(2)23(25(33)28-10-13-30-11-4-3-5-12-30)29-24(32)18-7-9-22(31)19(14-18)17-6-8-20(26)21(27)15-17/h6-9,14-16,23,31H,3-5,10-13H2,1-2H3,(H,28,33)(H,29,32)/t23-/m0/s1. The minimum absolute atomic E-state index is 0.0146. The molecular weight excluding hydrogens is 461 g/mol. The molecule has 1 heterocycles. The minimum atomic E-state index is -0.666. The van der Waals surface area contributed by atoms with Gasteiger partial charge in [-0.2, -0.15) is 0 Å². The van der Waals surface area contributed by atoms with Crippen LogP contribution in [0, 0.1) is 5.92 Å². The van der Waals surface area contributed by atoms with Crippen molar-refractivity contribution >= 4 is 35.0 Å². The number of phenols is 1. The number of likely N-dealkylation sites (tertiary alicyclic amines) is 1. The van der Waals surface area contributed by atoms with E-state index in [0.29, 0.717) is 33.3 Å². The Kier molecular flexibility index (Phi) is 9.01. The molecule has 0 radical (unpaired) electrons. The molecule has 2 aromatic rings. The Morgan fingerprint density at radius 2 is 1.76 bits per heavy atom. The summed E-state index contributed by atoms with van der Waals surface area (Å²) in [6.07, 6.45) is 3.68. The highest BCUT2D eigenvalue weighted by molar-refractivity contribution is 6.42. The van der Waals surface area contributed by atoms with Gasteiger partial charge in [0, 0.05) is 24.2 Å². The van der Waals surface area contributed by atoms with Gasteiger partial charge < -0.3 is 20.6 Å². The molecule has 2 aromatic carbocycles. The fourth-order valence-corrected chi connectivity index (χ4v) is 4.26. The van der Waals surface area contributed by atoms with Crippen LogP contribution in [-0.2, 0) is 4.79 Å². The van der Waals surface area contributed by atoms with E-state index in [4.69, 9.17) is 23.2 Å². The maximum atomic E-state index is 13.0. The second kappa shape index (κ2) is 11.7. The molecule has 178 valence electrons. The summed E-state index contributed by atoms with van der Waals surface area (Å²) in [6.45, 7) is 7.30. The van der Waals surface area contributed by atoms with Gasteiger partial charge in [0.15, 0.2) is 0 Å². The van der Waals surface area contributed by atoms with E-state index in [0.717, 1.165) is 19.6 Å². The fourth-order valence-electron chi connectivity index (χ4n) is 3.96. The summed E-state index contributed by atoms with van der Waals surface area (Å²) in [5.41, 5.74) is 1.42. The number of nitrogens with one attached hydrogen (secondary N) is 2. The molecule has 0 saturated carbocycles. The first-order chi connectivity index (χ1) is 15.8. The zero-order chi connectivity index (χ0) is 24.0. The van der Waals surface area contributed by atoms with Crippen molar-refractivity contribution < 1.29 is 14.7 Å². The van der Waals surface area contributed by atoms with Gasteiger partial charge in [0.2, 0.25) is 5.91 Å². The maximum Gasteiger partial charge on any atom is 0.251 e. The average molecular weight is 492 g/mol. The lowest BCUT2D eigenvalue weighted by molar-refractivity contribution is -0.124. The second-order valence-corrected chi connectivity index (χ2v) is 9.56. The summed E-state index contributed by atoms with van der Waals surface area (Å²) in [4.78, 5) is 28.1. The van der Waals surface area contributed by atoms with Gasteiger partial charge in [-0.3, -0.25) is 9.59 Å². The molecule has 8 heteroatoms. The summed E-state index contributed by atoms with van der Waals surface area (Å²) < 4.78 is 0. The van der Waals surface area contributed by atoms with Crippen LogP contribution in [0.1, 0.15) is 43.5 Å². The topological polar surface area (TPSA) is 81.7 Å². The van der Waals surface area contributed by atoms with Gasteiger partial charge in [0.25, 0.3) is 5.91 Å². The lowest BCUT2D eigenvalue weighted by Crippen LogP contribution is -2.51. The summed E-state index contributed by atoms with van der Waals surface area (Å²) in [6, 6.07) is 8.88. The van der Waals surface area contributed by atoms with Gasteiger partial charge >= 0.3 is 0 Å². The molecule has 3 N–H and O–H groups in total. The zero-order valence-electron chi connectivity index (χ0n) is 19.0. The Labute approximate surface area is 205 Å². The van der Waals surface area contributed by atoms with Gasteiger partial charge in [-0.1, -0.05) is 49.5 Å². The van der Waals surface area contributed by atoms with E-state index in [9.17, 15) is 14.7 Å². The van der Waals surface area contributed by atoms with Crippen molar-refractivity contribution in [1.82, 2.24) is 15.5 Å². The summed E-state index contributed by atoms with van der Waals surface area (Å²) in [7, 11) is 0. The van der Waals surface area contributed by atoms with Crippen molar-refractivity contribution in [2.75, 3.05) is 26.2 Å². The summed E-state index contributed by atoms with van der Waals surface area (Å²) in [5.74, 6) is -0.656. The first kappa shape index (κ1) is 25.3. The van der Waals surface area contributed by atoms with Crippen LogP contribution in [-0.4, -0.2) is 54.0 Å². The smallest absolute Gasteiger partial charge is 0.251 e. The van der Waals surface area contributed by atoms with E-state index < -0.39 is 6.04 Å². The number of carbonyl (C=O) groups excluding carboxylic acids is 2. The molecule has 1 aliphatic heterocycles. The van der Waals surface area contributed by atoms with Gasteiger partial charge in [0.1, 0.15) is 11.8 Å². The van der Waals surface area contributed by atoms with Crippen LogP contribution in [0.25, 0.3) is 11.1 Å². The Morgan fingerprint density at radius 3 is 2.42 bits per heavy atom. The zero-order valence-corrected chi connectivity index (χ0v) is 20.5. The number of aromatic hydroxyl groups is 1. The second-order valence-electron chi connectivity index (χ2n) is 8.75. The van der Waals surface area contributed by atoms with Gasteiger partial charge in [-0.25, -0.2) is 0 Å². The fraction of sp³-hybridized carbons (Fsp3) is 0.440. The Bertz CT molecular complexity index is 991. The largest absolute Gasteiger partial charge is 0.507 e. The number of phenolic OH excluding ortho intramolecular Hbond substituents is 1. The predicted molar refractivity (Wildman–Crippen MR) is 133 cm³/mol. The quantitative estimate of drug-likeness (QED) is 0.498. The number of hydrogen-bond donors (Lipinski definition) is 3. The van der Waals surface area contributed by atoms with E-state index in [1.807, 2.05) is 13.8 Å². The normalized spacial score (nSPS) is 15.3. The Morgan fingerprint density at radius 1 is 1.03 bits per heavy atom. The van der Waals surface area contributed by atoms with Crippen LogP contribution in [0.4, 0.5) is 0 Å². The Balaban J connectivity index is 1.67. The van der Waals surface area contributed by atoms with Crippen molar-refractivity contribution in [3.63, 3.8) is 0 Å². The summed E-state index contributed by atoms with van der Waals surface area (Å²) in [5, 5.41) is 16.9. The van der Waals surface area contributed by atoms with E-state index in [2.05, 4.69) is 15.5 Å². The maximum absolute atomic E-state index is 13.0. The van der Waals surface area contributed by atoms with Gasteiger partial charge in [0.05, 0.1) is 10.0 Å². The number of rotatable bonds is 8. The van der Waals surface area contributed by atoms with E-state index >= 15 is 0 Å². The molecule has 0 bridgehead atoms. The molecular formula is C25H31Cl2N3O3. The third-order valence-electron chi connectivity index (χ3n) is 5.90. The lowest BCUT2D eigenvalue weighted by Gasteiger charge is -2.27. The number of amides is 2. The monoisotopic (exact) mass is 491 g/mol. The molecule has 0 aliphatic carbocycles. The molecule has 1 saturated heterocycles. The SMILES string of the molecule is CC(C)[C@H](NC(=O)c1ccc(O)c(-c2ccc(Cl)c(Cl)c2)c1)C(=O)NCCN1CCCCC1. The van der Waals surface area contributed by atoms with Gasteiger partial charge in [-0.15, -0.1) is 0 Å². The average Bonchev–Trinajstić information content (AvgIpc) is 2.80. The van der Waals surface area contributed by atoms with Crippen molar-refractivity contribution in [3.8, 4) is 16.9 Å². The number of carbonyl (C=O) groups is 2. The predicted octanol–water partition coefficient (Wildman–Crippen LogP) is 4.72. The third-order valence-corrected chi connectivity index (χ3v) is 6.64. The molecule has 1 fully saturated rings. The van der Waals surface area contributed by atoms with Crippen LogP contribution in [0.3, 0.4) is 0 Å². The van der Waals surface area contributed by atoms with Crippen LogP contribution >= 0.6 is 23.2 Å². The van der Waals surface area contributed by atoms with Crippen LogP contribution in [0.2, 0.25) is 10.0 Å². The lowest BCUT2D eigenvalue weighted by atomic mass is 10.00. The van der Waals surface area contributed by atoms with E-state index in [1.165, 1.54) is 31.4 Å². The number of benzene rings is 2. The molecule has 3 rings (SSSR count). The Hall–Kier alpha value is -2.28. The highest BCUT2D eigenvalue weighted by Gasteiger charge is 2.25. The van der Waals surface area contributed by atoms with Crippen molar-refractivity contribution in [1.29, 1.82) is 0 Å². The van der Waals surface area contributed by atoms with E-state index in [-0.39, 0.29) is 23.5 Å². The molecule has 1 aliphatic rings. The highest BCUT2D eigenvalue weighted by Crippen LogP contribution is 2.34. The number of hydrogen-bond acceptors (Lipinski definition) is 4. The number of nitrogens with zero attached hydrogens (tertiary/aromatic N) is 1. The van der Waals surface area contributed by atoms with Crippen molar-refractivity contribution in [2.24, 2.45) is 5.92 Å². The van der Waals surface area contributed by atoms with Gasteiger partial charge in [-0.05, 0) is 67.7 Å². The van der Waals surface area contributed by atoms with Crippen LogP contribution in [0.5, 0.6) is 5.75 Å². The molecule has 0 aromatic heterocycles. The van der Waals surface area contributed by atoms with E-state index in [1.54, 1.807) is 24.3 Å². The van der Waals surface area contributed by atoms with Crippen LogP contribution in [0.15, 0.2) is 36.4 Å². The molecule has 6 nitrogen and oxygen atoms in total. The molecule has 0 spiro atoms. The molecule has 0 unspecified atom stereocenters. The molecule has 1 atom stereocenters. The molecule has 2 amide bonds. The third kappa shape index (κ3) is 6.85. The van der Waals surface area contributed by atoms with Crippen molar-refractivity contribution in [3.05, 3.63) is 52.0 Å². The minimum Gasteiger partial charge on any atom is -0.507 e. The first-order valence-electron chi connectivity index (χ1n) is 11.4.